The standard InChI is InChI=1S/C20H17F3N6/c1-24-19-28-16-11-26-18(27-15-6-2-5-14(8-15)20(21,22)23)9-17(16)29(19)12-13-4-3-7-25-10-13/h2-11H,12H2,1H3,(H,24,28)(H,26,27). The number of hydrogen-bond acceptors (Lipinski definition) is 5. The van der Waals surface area contributed by atoms with Crippen molar-refractivity contribution >= 4 is 28.5 Å². The molecule has 0 aliphatic heterocycles. The molecule has 9 heteroatoms. The van der Waals surface area contributed by atoms with Crippen molar-refractivity contribution in [3.8, 4) is 0 Å². The molecule has 1 aromatic carbocycles. The number of fused-ring (bicyclic) bond motifs is 1. The van der Waals surface area contributed by atoms with Crippen molar-refractivity contribution in [1.82, 2.24) is 19.5 Å². The van der Waals surface area contributed by atoms with E-state index < -0.39 is 11.7 Å². The van der Waals surface area contributed by atoms with Gasteiger partial charge in [-0.15, -0.1) is 0 Å². The van der Waals surface area contributed by atoms with Crippen LogP contribution in [0.2, 0.25) is 0 Å². The molecule has 2 N–H and O–H groups in total. The number of benzene rings is 1. The maximum atomic E-state index is 12.9. The number of pyridine rings is 2. The molecule has 0 unspecified atom stereocenters. The number of nitrogens with zero attached hydrogens (tertiary/aromatic N) is 4. The Kier molecular flexibility index (Phi) is 4.79. The lowest BCUT2D eigenvalue weighted by Gasteiger charge is -2.11. The molecule has 0 radical (unpaired) electrons. The monoisotopic (exact) mass is 398 g/mol. The first-order valence-electron chi connectivity index (χ1n) is 8.81. The Morgan fingerprint density at radius 1 is 1.07 bits per heavy atom. The molecular formula is C20H17F3N6. The number of halogens is 3. The van der Waals surface area contributed by atoms with Gasteiger partial charge in [-0.3, -0.25) is 4.98 Å². The van der Waals surface area contributed by atoms with Crippen LogP contribution in [0.4, 0.5) is 30.6 Å². The fourth-order valence-electron chi connectivity index (χ4n) is 3.04. The molecule has 6 nitrogen and oxygen atoms in total. The van der Waals surface area contributed by atoms with E-state index in [2.05, 4.69) is 25.6 Å². The van der Waals surface area contributed by atoms with E-state index in [-0.39, 0.29) is 0 Å². The van der Waals surface area contributed by atoms with Crippen LogP contribution in [0.3, 0.4) is 0 Å². The van der Waals surface area contributed by atoms with Crippen molar-refractivity contribution in [2.75, 3.05) is 17.7 Å². The van der Waals surface area contributed by atoms with Crippen molar-refractivity contribution in [2.45, 2.75) is 12.7 Å². The predicted octanol–water partition coefficient (Wildman–Crippen LogP) is 4.68. The highest BCUT2D eigenvalue weighted by Gasteiger charge is 2.30. The highest BCUT2D eigenvalue weighted by atomic mass is 19.4. The van der Waals surface area contributed by atoms with Gasteiger partial charge in [0.2, 0.25) is 5.95 Å². The van der Waals surface area contributed by atoms with Crippen LogP contribution in [0.1, 0.15) is 11.1 Å². The van der Waals surface area contributed by atoms with Crippen molar-refractivity contribution in [2.24, 2.45) is 0 Å². The minimum Gasteiger partial charge on any atom is -0.359 e. The summed E-state index contributed by atoms with van der Waals surface area (Å²) in [5.41, 5.74) is 2.05. The largest absolute Gasteiger partial charge is 0.416 e. The molecule has 0 saturated carbocycles. The highest BCUT2D eigenvalue weighted by Crippen LogP contribution is 2.31. The lowest BCUT2D eigenvalue weighted by Crippen LogP contribution is -2.06. The smallest absolute Gasteiger partial charge is 0.359 e. The zero-order chi connectivity index (χ0) is 20.4. The van der Waals surface area contributed by atoms with Gasteiger partial charge in [0, 0.05) is 31.2 Å². The van der Waals surface area contributed by atoms with Crippen LogP contribution in [0.25, 0.3) is 11.0 Å². The number of rotatable bonds is 5. The zero-order valence-corrected chi connectivity index (χ0v) is 15.4. The Labute approximate surface area is 164 Å². The Hall–Kier alpha value is -3.62. The molecular weight excluding hydrogens is 381 g/mol. The first-order chi connectivity index (χ1) is 13.9. The normalized spacial score (nSPS) is 11.6. The van der Waals surface area contributed by atoms with Crippen molar-refractivity contribution < 1.29 is 13.2 Å². The summed E-state index contributed by atoms with van der Waals surface area (Å²) in [6.07, 6.45) is 0.661. The molecule has 0 spiro atoms. The molecule has 148 valence electrons. The van der Waals surface area contributed by atoms with E-state index in [1.54, 1.807) is 37.8 Å². The average Bonchev–Trinajstić information content (AvgIpc) is 3.05. The number of aromatic nitrogens is 4. The molecule has 0 amide bonds. The lowest BCUT2D eigenvalue weighted by atomic mass is 10.2. The third kappa shape index (κ3) is 3.98. The first kappa shape index (κ1) is 18.7. The van der Waals surface area contributed by atoms with Crippen molar-refractivity contribution in [1.29, 1.82) is 0 Å². The summed E-state index contributed by atoms with van der Waals surface area (Å²) in [5.74, 6) is 1.08. The van der Waals surface area contributed by atoms with Gasteiger partial charge in [0.05, 0.1) is 23.8 Å². The van der Waals surface area contributed by atoms with Gasteiger partial charge in [-0.1, -0.05) is 12.1 Å². The summed E-state index contributed by atoms with van der Waals surface area (Å²) in [5, 5.41) is 6.00. The molecule has 0 saturated heterocycles. The van der Waals surface area contributed by atoms with Crippen molar-refractivity contribution in [3.05, 3.63) is 72.2 Å². The number of nitrogens with one attached hydrogen (secondary N) is 2. The van der Waals surface area contributed by atoms with Crippen LogP contribution in [0.5, 0.6) is 0 Å². The molecule has 0 fully saturated rings. The number of alkyl halides is 3. The maximum Gasteiger partial charge on any atom is 0.416 e. The van der Waals surface area contributed by atoms with E-state index in [9.17, 15) is 13.2 Å². The van der Waals surface area contributed by atoms with Gasteiger partial charge in [0.25, 0.3) is 0 Å². The van der Waals surface area contributed by atoms with Crippen LogP contribution in [-0.2, 0) is 12.7 Å². The second kappa shape index (κ2) is 7.42. The van der Waals surface area contributed by atoms with E-state index in [4.69, 9.17) is 0 Å². The summed E-state index contributed by atoms with van der Waals surface area (Å²) in [4.78, 5) is 12.9. The highest BCUT2D eigenvalue weighted by molar-refractivity contribution is 5.81. The minimum absolute atomic E-state index is 0.304. The van der Waals surface area contributed by atoms with Gasteiger partial charge in [-0.2, -0.15) is 13.2 Å². The fourth-order valence-corrected chi connectivity index (χ4v) is 3.04. The Balaban J connectivity index is 1.69. The molecule has 0 aliphatic rings. The topological polar surface area (TPSA) is 67.7 Å². The molecule has 4 aromatic rings. The second-order valence-corrected chi connectivity index (χ2v) is 6.39. The van der Waals surface area contributed by atoms with Crippen molar-refractivity contribution in [3.63, 3.8) is 0 Å². The van der Waals surface area contributed by atoms with E-state index in [0.29, 0.717) is 29.5 Å². The van der Waals surface area contributed by atoms with Gasteiger partial charge in [-0.25, -0.2) is 9.97 Å². The molecule has 29 heavy (non-hydrogen) atoms. The Morgan fingerprint density at radius 3 is 2.66 bits per heavy atom. The molecule has 4 rings (SSSR count). The molecule has 0 bridgehead atoms. The zero-order valence-electron chi connectivity index (χ0n) is 15.4. The third-order valence-electron chi connectivity index (χ3n) is 4.38. The lowest BCUT2D eigenvalue weighted by molar-refractivity contribution is -0.137. The summed E-state index contributed by atoms with van der Waals surface area (Å²) in [6, 6.07) is 10.6. The van der Waals surface area contributed by atoms with Crippen LogP contribution in [-0.4, -0.2) is 26.6 Å². The Morgan fingerprint density at radius 2 is 1.93 bits per heavy atom. The Bertz CT molecular complexity index is 1140. The van der Waals surface area contributed by atoms with E-state index in [0.717, 1.165) is 23.2 Å². The van der Waals surface area contributed by atoms with Gasteiger partial charge < -0.3 is 15.2 Å². The maximum absolute atomic E-state index is 12.9. The summed E-state index contributed by atoms with van der Waals surface area (Å²) >= 11 is 0. The number of hydrogen-bond donors (Lipinski definition) is 2. The van der Waals surface area contributed by atoms with Crippen LogP contribution in [0.15, 0.2) is 61.1 Å². The van der Waals surface area contributed by atoms with Gasteiger partial charge in [-0.05, 0) is 29.8 Å². The van der Waals surface area contributed by atoms with Gasteiger partial charge in [0.1, 0.15) is 11.3 Å². The van der Waals surface area contributed by atoms with E-state index >= 15 is 0 Å². The van der Waals surface area contributed by atoms with E-state index in [1.807, 2.05) is 16.7 Å². The summed E-state index contributed by atoms with van der Waals surface area (Å²) in [7, 11) is 1.77. The predicted molar refractivity (Wildman–Crippen MR) is 105 cm³/mol. The van der Waals surface area contributed by atoms with Crippen LogP contribution >= 0.6 is 0 Å². The first-order valence-corrected chi connectivity index (χ1v) is 8.81. The van der Waals surface area contributed by atoms with Crippen LogP contribution < -0.4 is 10.6 Å². The molecule has 0 aliphatic carbocycles. The average molecular weight is 398 g/mol. The SMILES string of the molecule is CNc1nc2cnc(Nc3cccc(C(F)(F)F)c3)cc2n1Cc1cccnc1. The van der Waals surface area contributed by atoms with E-state index in [1.165, 1.54) is 6.07 Å². The number of imidazole rings is 1. The van der Waals surface area contributed by atoms with Gasteiger partial charge >= 0.3 is 6.18 Å². The second-order valence-electron chi connectivity index (χ2n) is 6.39. The summed E-state index contributed by atoms with van der Waals surface area (Å²) in [6.45, 7) is 0.535. The fraction of sp³-hybridized carbons (Fsp3) is 0.150. The number of anilines is 3. The molecule has 3 heterocycles. The third-order valence-corrected chi connectivity index (χ3v) is 4.38. The molecule has 0 atom stereocenters. The molecule has 3 aromatic heterocycles. The van der Waals surface area contributed by atoms with Gasteiger partial charge in [0.15, 0.2) is 0 Å². The quantitative estimate of drug-likeness (QED) is 0.511. The summed E-state index contributed by atoms with van der Waals surface area (Å²) < 4.78 is 40.8. The van der Waals surface area contributed by atoms with Crippen LogP contribution in [0, 0.1) is 0 Å². The minimum atomic E-state index is -4.40.